The highest BCUT2D eigenvalue weighted by atomic mass is 16.6. The summed E-state index contributed by atoms with van der Waals surface area (Å²) >= 11 is 0. The van der Waals surface area contributed by atoms with Gasteiger partial charge in [-0.1, -0.05) is 20.8 Å². The van der Waals surface area contributed by atoms with Gasteiger partial charge in [-0.15, -0.1) is 0 Å². The molecule has 1 aliphatic rings. The number of fused-ring (bicyclic) bond motifs is 1. The molecule has 2 rings (SSSR count). The maximum Gasteiger partial charge on any atom is 0.326 e. The highest BCUT2D eigenvalue weighted by molar-refractivity contribution is 6.05. The molecule has 0 saturated carbocycles. The van der Waals surface area contributed by atoms with Crippen molar-refractivity contribution in [3.8, 4) is 5.75 Å². The van der Waals surface area contributed by atoms with Crippen LogP contribution in [0.3, 0.4) is 0 Å². The lowest BCUT2D eigenvalue weighted by Crippen LogP contribution is -2.50. The number of carbonyl (C=O) groups is 3. The van der Waals surface area contributed by atoms with Gasteiger partial charge in [-0.2, -0.15) is 0 Å². The van der Waals surface area contributed by atoms with E-state index in [1.807, 2.05) is 20.8 Å². The third-order valence-corrected chi connectivity index (χ3v) is 4.24. The molecule has 1 heterocycles. The molecular weight excluding hydrogens is 350 g/mol. The monoisotopic (exact) mass is 377 g/mol. The first-order valence-electron chi connectivity index (χ1n) is 9.27. The number of carbonyl (C=O) groups excluding carboxylic acids is 3. The molecule has 7 heteroatoms. The van der Waals surface area contributed by atoms with E-state index < -0.39 is 12.1 Å². The molecule has 1 unspecified atom stereocenters. The third-order valence-electron chi connectivity index (χ3n) is 4.24. The minimum atomic E-state index is -0.693. The summed E-state index contributed by atoms with van der Waals surface area (Å²) in [5, 5.41) is 0. The number of rotatable bonds is 9. The molecule has 7 nitrogen and oxygen atoms in total. The van der Waals surface area contributed by atoms with Crippen LogP contribution < -0.4 is 9.64 Å². The summed E-state index contributed by atoms with van der Waals surface area (Å²) in [6.07, 6.45) is -0.344. The molecule has 0 bridgehead atoms. The van der Waals surface area contributed by atoms with Gasteiger partial charge >= 0.3 is 5.97 Å². The number of Topliss-reactive ketones (excluding diaryl/α,β-unsaturated/α-hetero) is 1. The zero-order valence-electron chi connectivity index (χ0n) is 16.3. The summed E-state index contributed by atoms with van der Waals surface area (Å²) in [6, 6.07) is 4.95. The van der Waals surface area contributed by atoms with E-state index in [0.29, 0.717) is 36.6 Å². The van der Waals surface area contributed by atoms with Crippen molar-refractivity contribution in [2.45, 2.75) is 40.2 Å². The molecule has 0 N–H and O–H groups in total. The van der Waals surface area contributed by atoms with Crippen LogP contribution in [0.4, 0.5) is 5.69 Å². The van der Waals surface area contributed by atoms with E-state index in [1.54, 1.807) is 25.1 Å². The minimum absolute atomic E-state index is 0.0459. The topological polar surface area (TPSA) is 82.1 Å². The molecule has 1 atom stereocenters. The SMILES string of the molecule is CCOCCOC(=O)CN1C(=O)C(C(C)C)Oc2ccc(C(=O)CC)cc21. The number of benzene rings is 1. The molecule has 148 valence electrons. The van der Waals surface area contributed by atoms with Crippen LogP contribution in [0.25, 0.3) is 0 Å². The van der Waals surface area contributed by atoms with E-state index in [0.717, 1.165) is 0 Å². The van der Waals surface area contributed by atoms with E-state index in [4.69, 9.17) is 14.2 Å². The zero-order valence-corrected chi connectivity index (χ0v) is 16.3. The molecule has 0 spiro atoms. The van der Waals surface area contributed by atoms with Gasteiger partial charge in [-0.05, 0) is 31.0 Å². The van der Waals surface area contributed by atoms with Gasteiger partial charge in [0.15, 0.2) is 11.9 Å². The van der Waals surface area contributed by atoms with Crippen molar-refractivity contribution in [2.75, 3.05) is 31.3 Å². The highest BCUT2D eigenvalue weighted by Crippen LogP contribution is 2.36. The Hall–Kier alpha value is -2.41. The first-order valence-corrected chi connectivity index (χ1v) is 9.27. The maximum absolute atomic E-state index is 12.9. The zero-order chi connectivity index (χ0) is 20.0. The van der Waals surface area contributed by atoms with Crippen LogP contribution in [0, 0.1) is 5.92 Å². The van der Waals surface area contributed by atoms with Crippen molar-refractivity contribution in [1.29, 1.82) is 0 Å². The van der Waals surface area contributed by atoms with Crippen molar-refractivity contribution in [2.24, 2.45) is 5.92 Å². The van der Waals surface area contributed by atoms with Gasteiger partial charge in [0.05, 0.1) is 12.3 Å². The second-order valence-corrected chi connectivity index (χ2v) is 6.58. The van der Waals surface area contributed by atoms with Gasteiger partial charge in [0.25, 0.3) is 5.91 Å². The van der Waals surface area contributed by atoms with Crippen LogP contribution in [0.2, 0.25) is 0 Å². The van der Waals surface area contributed by atoms with Gasteiger partial charge in [0.1, 0.15) is 18.9 Å². The quantitative estimate of drug-likeness (QED) is 0.374. The number of hydrogen-bond donors (Lipinski definition) is 0. The number of hydrogen-bond acceptors (Lipinski definition) is 6. The Morgan fingerprint density at radius 1 is 1.22 bits per heavy atom. The first kappa shape index (κ1) is 20.9. The summed E-state index contributed by atoms with van der Waals surface area (Å²) in [5.41, 5.74) is 0.892. The molecule has 0 saturated heterocycles. The summed E-state index contributed by atoms with van der Waals surface area (Å²) < 4.78 is 16.1. The van der Waals surface area contributed by atoms with Gasteiger partial charge in [0, 0.05) is 18.6 Å². The molecule has 1 aromatic rings. The van der Waals surface area contributed by atoms with Gasteiger partial charge in [-0.3, -0.25) is 19.3 Å². The van der Waals surface area contributed by atoms with Crippen molar-refractivity contribution >= 4 is 23.3 Å². The summed E-state index contributed by atoms with van der Waals surface area (Å²) in [6.45, 7) is 8.10. The Morgan fingerprint density at radius 2 is 1.96 bits per heavy atom. The maximum atomic E-state index is 12.9. The third kappa shape index (κ3) is 5.07. The number of esters is 1. The summed E-state index contributed by atoms with van der Waals surface area (Å²) in [5.74, 6) is -0.497. The molecule has 0 aliphatic carbocycles. The number of ether oxygens (including phenoxy) is 3. The molecule has 1 amide bonds. The van der Waals surface area contributed by atoms with Gasteiger partial charge in [-0.25, -0.2) is 0 Å². The Balaban J connectivity index is 2.26. The van der Waals surface area contributed by atoms with E-state index >= 15 is 0 Å². The fourth-order valence-electron chi connectivity index (χ4n) is 2.78. The predicted molar refractivity (Wildman–Crippen MR) is 100 cm³/mol. The second-order valence-electron chi connectivity index (χ2n) is 6.58. The minimum Gasteiger partial charge on any atom is -0.478 e. The molecule has 0 aromatic heterocycles. The van der Waals surface area contributed by atoms with Crippen LogP contribution in [-0.2, 0) is 19.1 Å². The van der Waals surface area contributed by atoms with Crippen LogP contribution in [0.1, 0.15) is 44.5 Å². The predicted octanol–water partition coefficient (Wildman–Crippen LogP) is 2.61. The average molecular weight is 377 g/mol. The Bertz CT molecular complexity index is 700. The lowest BCUT2D eigenvalue weighted by molar-refractivity contribution is -0.145. The van der Waals surface area contributed by atoms with E-state index in [1.165, 1.54) is 4.90 Å². The second kappa shape index (κ2) is 9.50. The smallest absolute Gasteiger partial charge is 0.326 e. The van der Waals surface area contributed by atoms with Gasteiger partial charge < -0.3 is 14.2 Å². The fourth-order valence-corrected chi connectivity index (χ4v) is 2.78. The van der Waals surface area contributed by atoms with Crippen LogP contribution in [-0.4, -0.2) is 50.1 Å². The number of amides is 1. The normalized spacial score (nSPS) is 16.1. The van der Waals surface area contributed by atoms with E-state index in [2.05, 4.69) is 0 Å². The lowest BCUT2D eigenvalue weighted by atomic mass is 10.0. The molecule has 1 aliphatic heterocycles. The number of anilines is 1. The Kier molecular flexibility index (Phi) is 7.36. The van der Waals surface area contributed by atoms with Crippen molar-refractivity contribution in [3.63, 3.8) is 0 Å². The average Bonchev–Trinajstić information content (AvgIpc) is 2.66. The number of ketones is 1. The van der Waals surface area contributed by atoms with E-state index in [9.17, 15) is 14.4 Å². The Morgan fingerprint density at radius 3 is 2.59 bits per heavy atom. The fraction of sp³-hybridized carbons (Fsp3) is 0.550. The summed E-state index contributed by atoms with van der Waals surface area (Å²) in [4.78, 5) is 38.5. The molecule has 1 aromatic carbocycles. The number of nitrogens with zero attached hydrogens (tertiary/aromatic N) is 1. The van der Waals surface area contributed by atoms with Gasteiger partial charge in [0.2, 0.25) is 0 Å². The molecule has 0 radical (unpaired) electrons. The van der Waals surface area contributed by atoms with E-state index in [-0.39, 0.29) is 30.8 Å². The molecule has 27 heavy (non-hydrogen) atoms. The van der Waals surface area contributed by atoms with Crippen molar-refractivity contribution in [3.05, 3.63) is 23.8 Å². The van der Waals surface area contributed by atoms with Crippen LogP contribution in [0.5, 0.6) is 5.75 Å². The van der Waals surface area contributed by atoms with Crippen LogP contribution >= 0.6 is 0 Å². The Labute approximate surface area is 159 Å². The first-order chi connectivity index (χ1) is 12.9. The molecular formula is C20H27NO6. The van der Waals surface area contributed by atoms with Crippen molar-refractivity contribution < 1.29 is 28.6 Å². The lowest BCUT2D eigenvalue weighted by Gasteiger charge is -2.35. The molecule has 0 fully saturated rings. The standard InChI is InChI=1S/C20H27NO6/c1-5-16(22)14-7-8-17-15(11-14)21(20(24)19(27-17)13(3)4)12-18(23)26-10-9-25-6-2/h7-8,11,13,19H,5-6,9-10,12H2,1-4H3. The summed E-state index contributed by atoms with van der Waals surface area (Å²) in [7, 11) is 0. The largest absolute Gasteiger partial charge is 0.478 e. The highest BCUT2D eigenvalue weighted by Gasteiger charge is 2.37. The van der Waals surface area contributed by atoms with Crippen molar-refractivity contribution in [1.82, 2.24) is 0 Å². The van der Waals surface area contributed by atoms with Crippen LogP contribution in [0.15, 0.2) is 18.2 Å².